The minimum absolute atomic E-state index is 0.0985. The molecule has 1 fully saturated rings. The summed E-state index contributed by atoms with van der Waals surface area (Å²) in [7, 11) is 0. The maximum Gasteiger partial charge on any atom is 0.141 e. The Hall–Kier alpha value is -1.00. The minimum Gasteiger partial charge on any atom is -0.393 e. The molecular formula is C13H19FN2O. The normalized spacial score (nSPS) is 24.8. The molecule has 0 atom stereocenters. The van der Waals surface area contributed by atoms with Gasteiger partial charge in [-0.15, -0.1) is 0 Å². The lowest BCUT2D eigenvalue weighted by Gasteiger charge is -2.25. The summed E-state index contributed by atoms with van der Waals surface area (Å²) >= 11 is 0. The molecule has 17 heavy (non-hydrogen) atoms. The summed E-state index contributed by atoms with van der Waals surface area (Å²) in [5.41, 5.74) is 0.876. The molecule has 0 spiro atoms. The van der Waals surface area contributed by atoms with Gasteiger partial charge in [-0.05, 0) is 49.8 Å². The van der Waals surface area contributed by atoms with E-state index in [1.165, 1.54) is 12.3 Å². The van der Waals surface area contributed by atoms with Crippen LogP contribution >= 0.6 is 0 Å². The SMILES string of the molecule is OC1CCC(CNCc2cncc(F)c2)CC1. The first-order valence-electron chi connectivity index (χ1n) is 6.22. The highest BCUT2D eigenvalue weighted by molar-refractivity contribution is 5.09. The lowest BCUT2D eigenvalue weighted by Crippen LogP contribution is -2.27. The number of pyridine rings is 1. The quantitative estimate of drug-likeness (QED) is 0.841. The van der Waals surface area contributed by atoms with Gasteiger partial charge >= 0.3 is 0 Å². The number of rotatable bonds is 4. The lowest BCUT2D eigenvalue weighted by molar-refractivity contribution is 0.108. The van der Waals surface area contributed by atoms with Crippen LogP contribution < -0.4 is 5.32 Å². The Morgan fingerprint density at radius 3 is 2.76 bits per heavy atom. The molecule has 94 valence electrons. The molecule has 2 rings (SSSR count). The number of aliphatic hydroxyl groups is 1. The third kappa shape index (κ3) is 4.06. The fourth-order valence-corrected chi connectivity index (χ4v) is 2.32. The van der Waals surface area contributed by atoms with E-state index < -0.39 is 0 Å². The van der Waals surface area contributed by atoms with Crippen molar-refractivity contribution in [2.24, 2.45) is 5.92 Å². The summed E-state index contributed by atoms with van der Waals surface area (Å²) in [4.78, 5) is 3.81. The highest BCUT2D eigenvalue weighted by atomic mass is 19.1. The van der Waals surface area contributed by atoms with Crippen LogP contribution in [-0.2, 0) is 6.54 Å². The van der Waals surface area contributed by atoms with E-state index in [1.54, 1.807) is 6.20 Å². The molecule has 1 aliphatic carbocycles. The van der Waals surface area contributed by atoms with E-state index in [2.05, 4.69) is 10.3 Å². The Morgan fingerprint density at radius 2 is 2.06 bits per heavy atom. The van der Waals surface area contributed by atoms with E-state index in [4.69, 9.17) is 0 Å². The largest absolute Gasteiger partial charge is 0.393 e. The van der Waals surface area contributed by atoms with Crippen LogP contribution in [0.25, 0.3) is 0 Å². The van der Waals surface area contributed by atoms with E-state index in [1.807, 2.05) is 0 Å². The van der Waals surface area contributed by atoms with Gasteiger partial charge in [-0.25, -0.2) is 4.39 Å². The average molecular weight is 238 g/mol. The molecule has 1 heterocycles. The number of hydrogen-bond donors (Lipinski definition) is 2. The summed E-state index contributed by atoms with van der Waals surface area (Å²) < 4.78 is 12.9. The first-order chi connectivity index (χ1) is 8.24. The van der Waals surface area contributed by atoms with Crippen LogP contribution in [0.3, 0.4) is 0 Å². The van der Waals surface area contributed by atoms with Crippen LogP contribution in [0.15, 0.2) is 18.5 Å². The number of nitrogens with zero attached hydrogens (tertiary/aromatic N) is 1. The van der Waals surface area contributed by atoms with Gasteiger partial charge in [0.15, 0.2) is 0 Å². The zero-order valence-corrected chi connectivity index (χ0v) is 9.90. The van der Waals surface area contributed by atoms with E-state index in [-0.39, 0.29) is 11.9 Å². The number of hydrogen-bond acceptors (Lipinski definition) is 3. The molecule has 0 unspecified atom stereocenters. The van der Waals surface area contributed by atoms with Crippen molar-refractivity contribution in [2.75, 3.05) is 6.54 Å². The number of aliphatic hydroxyl groups excluding tert-OH is 1. The Morgan fingerprint density at radius 1 is 1.29 bits per heavy atom. The molecular weight excluding hydrogens is 219 g/mol. The molecule has 1 saturated carbocycles. The minimum atomic E-state index is -0.287. The lowest BCUT2D eigenvalue weighted by atomic mass is 9.87. The van der Waals surface area contributed by atoms with Gasteiger partial charge in [0.2, 0.25) is 0 Å². The zero-order chi connectivity index (χ0) is 12.1. The van der Waals surface area contributed by atoms with Crippen LogP contribution in [0, 0.1) is 11.7 Å². The highest BCUT2D eigenvalue weighted by Gasteiger charge is 2.18. The Bertz CT molecular complexity index is 351. The summed E-state index contributed by atoms with van der Waals surface area (Å²) in [6, 6.07) is 1.50. The molecule has 0 aliphatic heterocycles. The predicted molar refractivity (Wildman–Crippen MR) is 63.9 cm³/mol. The van der Waals surface area contributed by atoms with E-state index in [0.29, 0.717) is 12.5 Å². The molecule has 0 amide bonds. The monoisotopic (exact) mass is 238 g/mol. The van der Waals surface area contributed by atoms with Crippen molar-refractivity contribution in [2.45, 2.75) is 38.3 Å². The van der Waals surface area contributed by atoms with Crippen LogP contribution in [0.4, 0.5) is 4.39 Å². The van der Waals surface area contributed by atoms with Gasteiger partial charge in [0, 0.05) is 12.7 Å². The smallest absolute Gasteiger partial charge is 0.141 e. The summed E-state index contributed by atoms with van der Waals surface area (Å²) in [5, 5.41) is 12.7. The molecule has 0 radical (unpaired) electrons. The third-order valence-corrected chi connectivity index (χ3v) is 3.34. The van der Waals surface area contributed by atoms with Crippen LogP contribution in [0.1, 0.15) is 31.2 Å². The van der Waals surface area contributed by atoms with Gasteiger partial charge in [-0.1, -0.05) is 0 Å². The second-order valence-corrected chi connectivity index (χ2v) is 4.82. The van der Waals surface area contributed by atoms with Crippen molar-refractivity contribution < 1.29 is 9.50 Å². The van der Waals surface area contributed by atoms with E-state index in [0.717, 1.165) is 37.8 Å². The Labute approximate surface area is 101 Å². The van der Waals surface area contributed by atoms with Crippen molar-refractivity contribution in [1.82, 2.24) is 10.3 Å². The Balaban J connectivity index is 1.69. The molecule has 4 heteroatoms. The average Bonchev–Trinajstić information content (AvgIpc) is 2.32. The second kappa shape index (κ2) is 6.07. The van der Waals surface area contributed by atoms with Gasteiger partial charge in [0.05, 0.1) is 12.3 Å². The summed E-state index contributed by atoms with van der Waals surface area (Å²) in [6.07, 6.45) is 6.78. The first kappa shape index (κ1) is 12.5. The fourth-order valence-electron chi connectivity index (χ4n) is 2.32. The molecule has 1 aliphatic rings. The van der Waals surface area contributed by atoms with Crippen LogP contribution in [0.2, 0.25) is 0 Å². The van der Waals surface area contributed by atoms with Gasteiger partial charge in [-0.3, -0.25) is 4.98 Å². The maximum atomic E-state index is 12.9. The highest BCUT2D eigenvalue weighted by Crippen LogP contribution is 2.23. The molecule has 0 bridgehead atoms. The molecule has 1 aromatic rings. The molecule has 0 saturated heterocycles. The van der Waals surface area contributed by atoms with Crippen molar-refractivity contribution in [3.8, 4) is 0 Å². The fraction of sp³-hybridized carbons (Fsp3) is 0.615. The molecule has 0 aromatic carbocycles. The van der Waals surface area contributed by atoms with Crippen LogP contribution in [-0.4, -0.2) is 22.7 Å². The van der Waals surface area contributed by atoms with Crippen molar-refractivity contribution in [3.63, 3.8) is 0 Å². The summed E-state index contributed by atoms with van der Waals surface area (Å²) in [6.45, 7) is 1.59. The molecule has 1 aromatic heterocycles. The van der Waals surface area contributed by atoms with Crippen molar-refractivity contribution >= 4 is 0 Å². The predicted octanol–water partition coefficient (Wildman–Crippen LogP) is 1.86. The van der Waals surface area contributed by atoms with Gasteiger partial charge < -0.3 is 10.4 Å². The van der Waals surface area contributed by atoms with Gasteiger partial charge in [0.1, 0.15) is 5.82 Å². The Kier molecular flexibility index (Phi) is 4.45. The second-order valence-electron chi connectivity index (χ2n) is 4.82. The number of aromatic nitrogens is 1. The summed E-state index contributed by atoms with van der Waals surface area (Å²) in [5.74, 6) is 0.352. The topological polar surface area (TPSA) is 45.1 Å². The number of nitrogens with one attached hydrogen (secondary N) is 1. The zero-order valence-electron chi connectivity index (χ0n) is 9.90. The molecule has 2 N–H and O–H groups in total. The van der Waals surface area contributed by atoms with E-state index >= 15 is 0 Å². The standard InChI is InChI=1S/C13H19FN2O/c14-12-5-11(8-16-9-12)7-15-6-10-1-3-13(17)4-2-10/h5,8-10,13,15,17H,1-4,6-7H2. The third-order valence-electron chi connectivity index (χ3n) is 3.34. The van der Waals surface area contributed by atoms with Crippen LogP contribution in [0.5, 0.6) is 0 Å². The van der Waals surface area contributed by atoms with Gasteiger partial charge in [-0.2, -0.15) is 0 Å². The van der Waals surface area contributed by atoms with Gasteiger partial charge in [0.25, 0.3) is 0 Å². The maximum absolute atomic E-state index is 12.9. The number of halogens is 1. The van der Waals surface area contributed by atoms with Crippen molar-refractivity contribution in [3.05, 3.63) is 29.8 Å². The first-order valence-corrected chi connectivity index (χ1v) is 6.22. The van der Waals surface area contributed by atoms with E-state index in [9.17, 15) is 9.50 Å². The molecule has 3 nitrogen and oxygen atoms in total. The van der Waals surface area contributed by atoms with Crippen molar-refractivity contribution in [1.29, 1.82) is 0 Å².